The minimum absolute atomic E-state index is 0.383. The molecule has 4 nitrogen and oxygen atoms in total. The van der Waals surface area contributed by atoms with Crippen LogP contribution >= 0.6 is 0 Å². The van der Waals surface area contributed by atoms with Crippen molar-refractivity contribution >= 4 is 16.7 Å². The number of rotatable bonds is 4. The molecule has 21 heavy (non-hydrogen) atoms. The van der Waals surface area contributed by atoms with E-state index in [0.29, 0.717) is 6.04 Å². The molecule has 4 heteroatoms. The van der Waals surface area contributed by atoms with Crippen molar-refractivity contribution in [1.82, 2.24) is 14.5 Å². The van der Waals surface area contributed by atoms with Crippen LogP contribution in [-0.4, -0.2) is 14.5 Å². The predicted molar refractivity (Wildman–Crippen MR) is 86.2 cm³/mol. The van der Waals surface area contributed by atoms with E-state index in [0.717, 1.165) is 35.4 Å². The zero-order valence-corrected chi connectivity index (χ0v) is 12.5. The molecule has 2 aromatic heterocycles. The lowest BCUT2D eigenvalue weighted by atomic mass is 10.1. The van der Waals surface area contributed by atoms with Gasteiger partial charge in [0.05, 0.1) is 11.7 Å². The molecule has 0 bridgehead atoms. The van der Waals surface area contributed by atoms with Crippen LogP contribution in [0.15, 0.2) is 42.7 Å². The van der Waals surface area contributed by atoms with E-state index in [9.17, 15) is 0 Å². The van der Waals surface area contributed by atoms with Crippen molar-refractivity contribution in [2.75, 3.05) is 5.73 Å². The summed E-state index contributed by atoms with van der Waals surface area (Å²) in [5, 5.41) is 0. The van der Waals surface area contributed by atoms with E-state index < -0.39 is 0 Å². The first-order valence-corrected chi connectivity index (χ1v) is 7.30. The summed E-state index contributed by atoms with van der Waals surface area (Å²) in [6.07, 6.45) is 5.49. The normalized spacial score (nSPS) is 11.4. The van der Waals surface area contributed by atoms with Crippen LogP contribution in [0, 0.1) is 0 Å². The number of nitrogens with zero attached hydrogens (tertiary/aromatic N) is 3. The maximum Gasteiger partial charge on any atom is 0.110 e. The molecule has 0 aliphatic heterocycles. The molecule has 0 aliphatic rings. The third-order valence-electron chi connectivity index (χ3n) is 3.67. The van der Waals surface area contributed by atoms with Crippen molar-refractivity contribution in [1.29, 1.82) is 0 Å². The van der Waals surface area contributed by atoms with Crippen LogP contribution in [0.25, 0.3) is 11.0 Å². The van der Waals surface area contributed by atoms with Gasteiger partial charge in [-0.25, -0.2) is 4.98 Å². The number of pyridine rings is 1. The smallest absolute Gasteiger partial charge is 0.110 e. The molecule has 0 aliphatic carbocycles. The number of imidazole rings is 1. The van der Waals surface area contributed by atoms with Gasteiger partial charge >= 0.3 is 0 Å². The number of fused-ring (bicyclic) bond motifs is 1. The summed E-state index contributed by atoms with van der Waals surface area (Å²) < 4.78 is 2.29. The topological polar surface area (TPSA) is 56.7 Å². The van der Waals surface area contributed by atoms with Gasteiger partial charge in [0.2, 0.25) is 0 Å². The first-order chi connectivity index (χ1) is 10.1. The SMILES string of the molecule is CC(C)n1c(CCc2cccc(N)c2)nc2cnccc21. The second kappa shape index (κ2) is 5.56. The largest absolute Gasteiger partial charge is 0.399 e. The number of nitrogen functional groups attached to an aromatic ring is 1. The van der Waals surface area contributed by atoms with E-state index in [1.165, 1.54) is 5.56 Å². The highest BCUT2D eigenvalue weighted by atomic mass is 15.1. The summed E-state index contributed by atoms with van der Waals surface area (Å²) in [7, 11) is 0. The van der Waals surface area contributed by atoms with Crippen molar-refractivity contribution in [2.45, 2.75) is 32.7 Å². The molecule has 0 unspecified atom stereocenters. The fourth-order valence-corrected chi connectivity index (χ4v) is 2.76. The zero-order chi connectivity index (χ0) is 14.8. The Balaban J connectivity index is 1.91. The molecule has 0 radical (unpaired) electrons. The van der Waals surface area contributed by atoms with E-state index in [4.69, 9.17) is 10.7 Å². The van der Waals surface area contributed by atoms with Crippen LogP contribution in [0.3, 0.4) is 0 Å². The highest BCUT2D eigenvalue weighted by Crippen LogP contribution is 2.21. The van der Waals surface area contributed by atoms with Gasteiger partial charge in [0.25, 0.3) is 0 Å². The number of hydrogen-bond acceptors (Lipinski definition) is 3. The van der Waals surface area contributed by atoms with Gasteiger partial charge < -0.3 is 10.3 Å². The van der Waals surface area contributed by atoms with Crippen LogP contribution in [0.5, 0.6) is 0 Å². The fourth-order valence-electron chi connectivity index (χ4n) is 2.76. The lowest BCUT2D eigenvalue weighted by molar-refractivity contribution is 0.582. The fraction of sp³-hybridized carbons (Fsp3) is 0.294. The first kappa shape index (κ1) is 13.6. The monoisotopic (exact) mass is 280 g/mol. The lowest BCUT2D eigenvalue weighted by Gasteiger charge is -2.13. The van der Waals surface area contributed by atoms with Gasteiger partial charge in [-0.2, -0.15) is 0 Å². The van der Waals surface area contributed by atoms with Crippen molar-refractivity contribution in [3.05, 3.63) is 54.1 Å². The maximum atomic E-state index is 5.84. The van der Waals surface area contributed by atoms with Gasteiger partial charge in [-0.15, -0.1) is 0 Å². The maximum absolute atomic E-state index is 5.84. The molecule has 0 spiro atoms. The summed E-state index contributed by atoms with van der Waals surface area (Å²) in [6, 6.07) is 10.5. The van der Waals surface area contributed by atoms with Crippen LogP contribution in [-0.2, 0) is 12.8 Å². The van der Waals surface area contributed by atoms with E-state index in [2.05, 4.69) is 29.5 Å². The Hall–Kier alpha value is -2.36. The zero-order valence-electron chi connectivity index (χ0n) is 12.5. The average molecular weight is 280 g/mol. The standard InChI is InChI=1S/C17H20N4/c1-12(2)21-16-8-9-19-11-15(16)20-17(21)7-6-13-4-3-5-14(18)10-13/h3-5,8-12H,6-7,18H2,1-2H3. The van der Waals surface area contributed by atoms with Crippen LogP contribution < -0.4 is 5.73 Å². The Kier molecular flexibility index (Phi) is 3.60. The van der Waals surface area contributed by atoms with Gasteiger partial charge in [0, 0.05) is 24.3 Å². The minimum Gasteiger partial charge on any atom is -0.399 e. The number of hydrogen-bond donors (Lipinski definition) is 1. The molecule has 2 heterocycles. The Morgan fingerprint density at radius 1 is 1.19 bits per heavy atom. The Morgan fingerprint density at radius 2 is 2.05 bits per heavy atom. The Morgan fingerprint density at radius 3 is 2.81 bits per heavy atom. The predicted octanol–water partition coefficient (Wildman–Crippen LogP) is 3.38. The molecule has 0 amide bonds. The lowest BCUT2D eigenvalue weighted by Crippen LogP contribution is -2.07. The number of anilines is 1. The third-order valence-corrected chi connectivity index (χ3v) is 3.67. The molecule has 3 aromatic rings. The molecule has 0 atom stereocenters. The average Bonchev–Trinajstić information content (AvgIpc) is 2.83. The summed E-state index contributed by atoms with van der Waals surface area (Å²) in [5.41, 5.74) is 10.0. The van der Waals surface area contributed by atoms with E-state index in [-0.39, 0.29) is 0 Å². The van der Waals surface area contributed by atoms with E-state index >= 15 is 0 Å². The highest BCUT2D eigenvalue weighted by molar-refractivity contribution is 5.74. The van der Waals surface area contributed by atoms with Gasteiger partial charge in [0.1, 0.15) is 11.3 Å². The minimum atomic E-state index is 0.383. The summed E-state index contributed by atoms with van der Waals surface area (Å²) in [6.45, 7) is 4.37. The first-order valence-electron chi connectivity index (χ1n) is 7.30. The van der Waals surface area contributed by atoms with Crippen LogP contribution in [0.4, 0.5) is 5.69 Å². The van der Waals surface area contributed by atoms with Crippen molar-refractivity contribution in [2.24, 2.45) is 0 Å². The van der Waals surface area contributed by atoms with Gasteiger partial charge in [-0.1, -0.05) is 12.1 Å². The summed E-state index contributed by atoms with van der Waals surface area (Å²) in [4.78, 5) is 8.90. The molecule has 108 valence electrons. The quantitative estimate of drug-likeness (QED) is 0.745. The molecule has 0 saturated carbocycles. The third kappa shape index (κ3) is 2.75. The van der Waals surface area contributed by atoms with Crippen molar-refractivity contribution < 1.29 is 0 Å². The molecule has 0 fully saturated rings. The molecular weight excluding hydrogens is 260 g/mol. The van der Waals surface area contributed by atoms with Crippen molar-refractivity contribution in [3.8, 4) is 0 Å². The van der Waals surface area contributed by atoms with Gasteiger partial charge in [-0.05, 0) is 44.0 Å². The number of nitrogens with two attached hydrogens (primary N) is 1. The number of benzene rings is 1. The van der Waals surface area contributed by atoms with Gasteiger partial charge in [0.15, 0.2) is 0 Å². The van der Waals surface area contributed by atoms with Crippen LogP contribution in [0.2, 0.25) is 0 Å². The molecule has 1 aromatic carbocycles. The molecule has 0 saturated heterocycles. The van der Waals surface area contributed by atoms with E-state index in [1.807, 2.05) is 36.7 Å². The molecule has 3 rings (SSSR count). The second-order valence-corrected chi connectivity index (χ2v) is 5.60. The Bertz CT molecular complexity index is 758. The number of aryl methyl sites for hydroxylation is 2. The highest BCUT2D eigenvalue weighted by Gasteiger charge is 2.13. The van der Waals surface area contributed by atoms with Gasteiger partial charge in [-0.3, -0.25) is 4.98 Å². The molecular formula is C17H20N4. The van der Waals surface area contributed by atoms with Crippen LogP contribution in [0.1, 0.15) is 31.3 Å². The summed E-state index contributed by atoms with van der Waals surface area (Å²) >= 11 is 0. The van der Waals surface area contributed by atoms with Crippen molar-refractivity contribution in [3.63, 3.8) is 0 Å². The number of aromatic nitrogens is 3. The second-order valence-electron chi connectivity index (χ2n) is 5.60. The molecule has 2 N–H and O–H groups in total. The van der Waals surface area contributed by atoms with E-state index in [1.54, 1.807) is 0 Å². The summed E-state index contributed by atoms with van der Waals surface area (Å²) in [5.74, 6) is 1.11. The Labute approximate surface area is 124 Å².